The number of nitrogens with one attached hydrogen (secondary N) is 2. The molecule has 0 radical (unpaired) electrons. The number of hydrogen-bond donors (Lipinski definition) is 3. The quantitative estimate of drug-likeness (QED) is 0.351. The number of amides is 2. The third-order valence-electron chi connectivity index (χ3n) is 7.96. The topological polar surface area (TPSA) is 103 Å². The number of phenols is 1. The summed E-state index contributed by atoms with van der Waals surface area (Å²) >= 11 is 0. The van der Waals surface area contributed by atoms with Crippen molar-refractivity contribution in [3.8, 4) is 22.9 Å². The minimum Gasteiger partial charge on any atom is -0.508 e. The Morgan fingerprint density at radius 1 is 1.03 bits per heavy atom. The fraction of sp³-hybridized carbons (Fsp3) is 0.345. The second-order valence-electron chi connectivity index (χ2n) is 10.5. The Labute approximate surface area is 224 Å². The van der Waals surface area contributed by atoms with E-state index in [1.54, 1.807) is 23.1 Å². The molecule has 3 aromatic carbocycles. The average molecular weight is 529 g/mol. The number of piperazine rings is 1. The molecule has 0 saturated carbocycles. The number of nitrogens with zero attached hydrogens (tertiary/aromatic N) is 4. The number of urea groups is 1. The fourth-order valence-electron chi connectivity index (χ4n) is 6.10. The van der Waals surface area contributed by atoms with Crippen molar-refractivity contribution in [1.82, 2.24) is 25.5 Å². The zero-order chi connectivity index (χ0) is 26.5. The largest absolute Gasteiger partial charge is 0.508 e. The number of ether oxygens (including phenoxy) is 1. The summed E-state index contributed by atoms with van der Waals surface area (Å²) in [4.78, 5) is 25.0. The van der Waals surface area contributed by atoms with Gasteiger partial charge in [-0.05, 0) is 47.4 Å². The summed E-state index contributed by atoms with van der Waals surface area (Å²) in [6.07, 6.45) is 2.21. The van der Waals surface area contributed by atoms with Gasteiger partial charge >= 0.3 is 12.0 Å². The van der Waals surface area contributed by atoms with E-state index in [0.29, 0.717) is 54.0 Å². The number of aromatic nitrogens is 2. The van der Waals surface area contributed by atoms with Crippen LogP contribution in [0.5, 0.6) is 11.8 Å². The minimum atomic E-state index is -0.492. The highest BCUT2D eigenvalue weighted by molar-refractivity contribution is 6.01. The molecule has 9 nitrogen and oxygen atoms in total. The summed E-state index contributed by atoms with van der Waals surface area (Å²) in [5, 5.41) is 19.1. The van der Waals surface area contributed by atoms with E-state index in [1.165, 1.54) is 0 Å². The maximum Gasteiger partial charge on any atom is 0.319 e. The lowest BCUT2D eigenvalue weighted by Gasteiger charge is -2.34. The summed E-state index contributed by atoms with van der Waals surface area (Å²) in [6.45, 7) is 3.36. The van der Waals surface area contributed by atoms with Crippen LogP contribution in [0, 0.1) is 5.82 Å². The van der Waals surface area contributed by atoms with Crippen molar-refractivity contribution in [3.05, 3.63) is 54.3 Å². The fourth-order valence-corrected chi connectivity index (χ4v) is 6.10. The number of hydrogen-bond acceptors (Lipinski definition) is 7. The number of rotatable bonds is 6. The van der Waals surface area contributed by atoms with Gasteiger partial charge in [0.1, 0.15) is 23.7 Å². The predicted molar refractivity (Wildman–Crippen MR) is 147 cm³/mol. The first-order valence-electron chi connectivity index (χ1n) is 13.4. The maximum atomic E-state index is 16.4. The number of carbonyl (C=O) groups excluding carboxylic acids is 1. The van der Waals surface area contributed by atoms with Gasteiger partial charge in [0.15, 0.2) is 5.82 Å². The molecule has 3 fully saturated rings. The molecule has 3 aliphatic rings. The Hall–Kier alpha value is -4.18. The van der Waals surface area contributed by atoms with Crippen LogP contribution in [0.3, 0.4) is 0 Å². The van der Waals surface area contributed by atoms with Crippen LogP contribution in [0.15, 0.2) is 48.5 Å². The third kappa shape index (κ3) is 4.34. The van der Waals surface area contributed by atoms with Gasteiger partial charge in [0.25, 0.3) is 0 Å². The van der Waals surface area contributed by atoms with E-state index in [9.17, 15) is 9.90 Å². The summed E-state index contributed by atoms with van der Waals surface area (Å²) in [5.41, 5.74) is 1.11. The molecule has 2 bridgehead atoms. The monoisotopic (exact) mass is 528 g/mol. The molecular weight excluding hydrogens is 499 g/mol. The predicted octanol–water partition coefficient (Wildman–Crippen LogP) is 3.64. The Morgan fingerprint density at radius 3 is 2.64 bits per heavy atom. The summed E-state index contributed by atoms with van der Waals surface area (Å²) in [7, 11) is 0. The average Bonchev–Trinajstić information content (AvgIpc) is 3.51. The van der Waals surface area contributed by atoms with Gasteiger partial charge in [0.05, 0.1) is 6.54 Å². The SMILES string of the molecule is O=C1NCCN1CCOc1nc(N2C[C@H]3CC[C@@H](C2)N3)c2ccc(-c3cc(O)cc4ccccc34)c(F)c2n1. The standard InChI is InChI=1S/C29H29FN6O3/c30-25-22(24-14-20(37)13-17-3-1-2-4-21(17)24)7-8-23-26(25)33-28(39-12-11-35-10-9-31-29(35)38)34-27(23)36-15-18-5-6-19(16-36)32-18/h1-4,7-8,13-14,18-19,32,37H,5-6,9-12,15-16H2,(H,31,38)/t18-,19+. The zero-order valence-corrected chi connectivity index (χ0v) is 21.4. The van der Waals surface area contributed by atoms with Gasteiger partial charge in [0.2, 0.25) is 0 Å². The van der Waals surface area contributed by atoms with Crippen molar-refractivity contribution in [2.45, 2.75) is 24.9 Å². The van der Waals surface area contributed by atoms with Crippen molar-refractivity contribution in [1.29, 1.82) is 0 Å². The van der Waals surface area contributed by atoms with Crippen LogP contribution >= 0.6 is 0 Å². The van der Waals surface area contributed by atoms with Crippen LogP contribution in [0.1, 0.15) is 12.8 Å². The van der Waals surface area contributed by atoms with Crippen LogP contribution in [-0.4, -0.2) is 77.4 Å². The first kappa shape index (κ1) is 23.9. The summed E-state index contributed by atoms with van der Waals surface area (Å²) in [6, 6.07) is 15.2. The van der Waals surface area contributed by atoms with Crippen LogP contribution < -0.4 is 20.3 Å². The van der Waals surface area contributed by atoms with Crippen LogP contribution in [0.4, 0.5) is 15.0 Å². The maximum absolute atomic E-state index is 16.4. The third-order valence-corrected chi connectivity index (χ3v) is 7.96. The van der Waals surface area contributed by atoms with Crippen molar-refractivity contribution < 1.29 is 19.0 Å². The Bertz CT molecular complexity index is 1580. The summed E-state index contributed by atoms with van der Waals surface area (Å²) < 4.78 is 22.3. The number of benzene rings is 3. The highest BCUT2D eigenvalue weighted by Gasteiger charge is 2.34. The molecule has 4 aromatic rings. The molecule has 3 N–H and O–H groups in total. The number of carbonyl (C=O) groups is 1. The number of halogens is 1. The molecule has 2 atom stereocenters. The van der Waals surface area contributed by atoms with E-state index in [0.717, 1.165) is 36.7 Å². The highest BCUT2D eigenvalue weighted by Crippen LogP contribution is 2.38. The lowest BCUT2D eigenvalue weighted by Crippen LogP contribution is -2.51. The van der Waals surface area contributed by atoms with Gasteiger partial charge in [0, 0.05) is 49.2 Å². The highest BCUT2D eigenvalue weighted by atomic mass is 19.1. The molecule has 2 amide bonds. The molecular formula is C29H29FN6O3. The normalized spacial score (nSPS) is 20.7. The lowest BCUT2D eigenvalue weighted by atomic mass is 9.96. The van der Waals surface area contributed by atoms with Gasteiger partial charge < -0.3 is 30.3 Å². The van der Waals surface area contributed by atoms with E-state index >= 15 is 4.39 Å². The molecule has 0 spiro atoms. The van der Waals surface area contributed by atoms with Crippen molar-refractivity contribution >= 4 is 33.5 Å². The minimum absolute atomic E-state index is 0.0674. The molecule has 0 unspecified atom stereocenters. The van der Waals surface area contributed by atoms with E-state index in [-0.39, 0.29) is 29.9 Å². The second-order valence-corrected chi connectivity index (χ2v) is 10.5. The smallest absolute Gasteiger partial charge is 0.319 e. The molecule has 10 heteroatoms. The van der Waals surface area contributed by atoms with Crippen LogP contribution in [-0.2, 0) is 0 Å². The van der Waals surface area contributed by atoms with Crippen molar-refractivity contribution in [2.24, 2.45) is 0 Å². The first-order valence-corrected chi connectivity index (χ1v) is 13.4. The van der Waals surface area contributed by atoms with Gasteiger partial charge in [-0.25, -0.2) is 9.18 Å². The van der Waals surface area contributed by atoms with Gasteiger partial charge in [-0.2, -0.15) is 9.97 Å². The van der Waals surface area contributed by atoms with E-state index in [1.807, 2.05) is 30.3 Å². The van der Waals surface area contributed by atoms with Crippen molar-refractivity contribution in [3.63, 3.8) is 0 Å². The molecule has 200 valence electrons. The van der Waals surface area contributed by atoms with E-state index in [2.05, 4.69) is 20.5 Å². The van der Waals surface area contributed by atoms with Gasteiger partial charge in [-0.1, -0.05) is 30.3 Å². The lowest BCUT2D eigenvalue weighted by molar-refractivity contribution is 0.199. The molecule has 7 rings (SSSR count). The number of phenolic OH excluding ortho intramolecular Hbond substituents is 1. The molecule has 0 aliphatic carbocycles. The van der Waals surface area contributed by atoms with Gasteiger partial charge in [-0.3, -0.25) is 0 Å². The molecule has 39 heavy (non-hydrogen) atoms. The number of anilines is 1. The molecule has 3 aliphatic heterocycles. The first-order chi connectivity index (χ1) is 19.0. The van der Waals surface area contributed by atoms with Crippen LogP contribution in [0.2, 0.25) is 0 Å². The number of aromatic hydroxyl groups is 1. The number of fused-ring (bicyclic) bond motifs is 4. The Morgan fingerprint density at radius 2 is 1.85 bits per heavy atom. The Kier molecular flexibility index (Phi) is 5.84. The van der Waals surface area contributed by atoms with E-state index in [4.69, 9.17) is 9.72 Å². The second kappa shape index (κ2) is 9.53. The molecule has 4 heterocycles. The van der Waals surface area contributed by atoms with E-state index < -0.39 is 5.82 Å². The van der Waals surface area contributed by atoms with Crippen LogP contribution in [0.25, 0.3) is 32.8 Å². The summed E-state index contributed by atoms with van der Waals surface area (Å²) in [5.74, 6) is 0.227. The molecule has 3 saturated heterocycles. The van der Waals surface area contributed by atoms with Gasteiger partial charge in [-0.15, -0.1) is 0 Å². The molecule has 1 aromatic heterocycles. The zero-order valence-electron chi connectivity index (χ0n) is 21.4. The van der Waals surface area contributed by atoms with Crippen molar-refractivity contribution in [2.75, 3.05) is 44.2 Å². The Balaban J connectivity index is 1.32.